The van der Waals surface area contributed by atoms with Gasteiger partial charge in [0.1, 0.15) is 5.15 Å². The van der Waals surface area contributed by atoms with Crippen molar-refractivity contribution in [2.45, 2.75) is 25.3 Å². The molecule has 2 aromatic heterocycles. The first-order valence-corrected chi connectivity index (χ1v) is 10.2. The lowest BCUT2D eigenvalue weighted by Gasteiger charge is -2.24. The third-order valence-corrected chi connectivity index (χ3v) is 5.85. The van der Waals surface area contributed by atoms with Crippen LogP contribution in [0, 0.1) is 0 Å². The monoisotopic (exact) mass is 405 g/mol. The number of rotatable bonds is 3. The van der Waals surface area contributed by atoms with Gasteiger partial charge in [-0.1, -0.05) is 35.9 Å². The molecule has 2 aromatic carbocycles. The van der Waals surface area contributed by atoms with E-state index in [1.165, 1.54) is 0 Å². The maximum Gasteiger partial charge on any atom is 0.261 e. The molecule has 1 aliphatic heterocycles. The molecular weight excluding hydrogens is 386 g/mol. The normalized spacial score (nSPS) is 15.2. The summed E-state index contributed by atoms with van der Waals surface area (Å²) in [7, 11) is 0. The Kier molecular flexibility index (Phi) is 4.78. The molecule has 0 unspecified atom stereocenters. The second-order valence-electron chi connectivity index (χ2n) is 7.44. The lowest BCUT2D eigenvalue weighted by atomic mass is 9.96. The van der Waals surface area contributed by atoms with Crippen molar-refractivity contribution < 1.29 is 4.74 Å². The number of nitrogens with zero attached hydrogens (tertiary/aromatic N) is 3. The van der Waals surface area contributed by atoms with Crippen LogP contribution in [0.1, 0.15) is 30.0 Å². The van der Waals surface area contributed by atoms with Crippen molar-refractivity contribution in [2.24, 2.45) is 0 Å². The zero-order valence-corrected chi connectivity index (χ0v) is 16.6. The van der Waals surface area contributed by atoms with Crippen LogP contribution in [0.5, 0.6) is 0 Å². The molecule has 0 aliphatic carbocycles. The lowest BCUT2D eigenvalue weighted by molar-refractivity contribution is 0.0685. The van der Waals surface area contributed by atoms with Crippen LogP contribution in [0.25, 0.3) is 21.7 Å². The summed E-state index contributed by atoms with van der Waals surface area (Å²) in [6.45, 7) is 1.36. The van der Waals surface area contributed by atoms with Crippen molar-refractivity contribution in [3.8, 4) is 0 Å². The number of hydrogen-bond acceptors (Lipinski definition) is 4. The second kappa shape index (κ2) is 7.58. The standard InChI is InChI=1S/C23H20ClN3O2/c24-21-12-15(5-8-25-21)11-16-13-20-22(19-4-2-1-3-18(16)19)26-14-27(23(20)28)17-6-9-29-10-7-17/h1-5,8,12-14,17H,6-7,9-11H2. The summed E-state index contributed by atoms with van der Waals surface area (Å²) < 4.78 is 7.23. The fourth-order valence-corrected chi connectivity index (χ4v) is 4.39. The fourth-order valence-electron chi connectivity index (χ4n) is 4.19. The van der Waals surface area contributed by atoms with E-state index in [-0.39, 0.29) is 11.6 Å². The van der Waals surface area contributed by atoms with Crippen LogP contribution in [-0.2, 0) is 11.2 Å². The first-order valence-electron chi connectivity index (χ1n) is 9.80. The molecule has 4 aromatic rings. The molecule has 3 heterocycles. The Hall–Kier alpha value is -2.76. The van der Waals surface area contributed by atoms with Crippen LogP contribution < -0.4 is 5.56 Å². The summed E-state index contributed by atoms with van der Waals surface area (Å²) in [5.41, 5.74) is 2.91. The summed E-state index contributed by atoms with van der Waals surface area (Å²) >= 11 is 6.07. The summed E-state index contributed by atoms with van der Waals surface area (Å²) in [6, 6.07) is 14.1. The minimum atomic E-state index is 0.0154. The van der Waals surface area contributed by atoms with Crippen LogP contribution >= 0.6 is 11.6 Å². The third-order valence-electron chi connectivity index (χ3n) is 5.65. The van der Waals surface area contributed by atoms with Gasteiger partial charge in [-0.2, -0.15) is 0 Å². The highest BCUT2D eigenvalue weighted by Gasteiger charge is 2.19. The molecular formula is C23H20ClN3O2. The average Bonchev–Trinajstić information content (AvgIpc) is 2.75. The Labute approximate surface area is 172 Å². The van der Waals surface area contributed by atoms with Crippen molar-refractivity contribution in [3.63, 3.8) is 0 Å². The molecule has 6 heteroatoms. The molecule has 0 spiro atoms. The number of benzene rings is 2. The van der Waals surface area contributed by atoms with Crippen LogP contribution in [-0.4, -0.2) is 27.7 Å². The summed E-state index contributed by atoms with van der Waals surface area (Å²) in [5, 5.41) is 3.23. The van der Waals surface area contributed by atoms with Crippen LogP contribution in [0.2, 0.25) is 5.15 Å². The van der Waals surface area contributed by atoms with E-state index >= 15 is 0 Å². The van der Waals surface area contributed by atoms with Crippen molar-refractivity contribution in [3.05, 3.63) is 81.6 Å². The van der Waals surface area contributed by atoms with E-state index in [2.05, 4.69) is 11.1 Å². The predicted octanol–water partition coefficient (Wildman–Crippen LogP) is 4.54. The maximum absolute atomic E-state index is 13.4. The van der Waals surface area contributed by atoms with E-state index in [1.807, 2.05) is 36.4 Å². The van der Waals surface area contributed by atoms with Crippen molar-refractivity contribution in [1.29, 1.82) is 0 Å². The number of halogens is 1. The van der Waals surface area contributed by atoms with Crippen molar-refractivity contribution in [2.75, 3.05) is 13.2 Å². The number of hydrogen-bond donors (Lipinski definition) is 0. The Morgan fingerprint density at radius 1 is 1.03 bits per heavy atom. The van der Waals surface area contributed by atoms with Crippen LogP contribution in [0.15, 0.2) is 59.8 Å². The van der Waals surface area contributed by atoms with E-state index in [4.69, 9.17) is 21.3 Å². The molecule has 5 nitrogen and oxygen atoms in total. The molecule has 0 radical (unpaired) electrons. The first-order chi connectivity index (χ1) is 14.2. The molecule has 0 amide bonds. The van der Waals surface area contributed by atoms with Gasteiger partial charge in [0.15, 0.2) is 0 Å². The van der Waals surface area contributed by atoms with E-state index in [9.17, 15) is 4.79 Å². The van der Waals surface area contributed by atoms with E-state index in [0.717, 1.165) is 40.3 Å². The van der Waals surface area contributed by atoms with Gasteiger partial charge in [0, 0.05) is 30.8 Å². The molecule has 29 heavy (non-hydrogen) atoms. The van der Waals surface area contributed by atoms with Crippen molar-refractivity contribution >= 4 is 33.3 Å². The quantitative estimate of drug-likeness (QED) is 0.371. The van der Waals surface area contributed by atoms with Crippen LogP contribution in [0.4, 0.5) is 0 Å². The third kappa shape index (κ3) is 3.41. The van der Waals surface area contributed by atoms with Gasteiger partial charge in [-0.3, -0.25) is 9.36 Å². The molecule has 0 atom stereocenters. The Morgan fingerprint density at radius 2 is 1.83 bits per heavy atom. The number of aromatic nitrogens is 3. The second-order valence-corrected chi connectivity index (χ2v) is 7.83. The summed E-state index contributed by atoms with van der Waals surface area (Å²) in [5.74, 6) is 0. The molecule has 146 valence electrons. The van der Waals surface area contributed by atoms with Crippen LogP contribution in [0.3, 0.4) is 0 Å². The highest BCUT2D eigenvalue weighted by molar-refractivity contribution is 6.29. The average molecular weight is 406 g/mol. The molecule has 0 bridgehead atoms. The van der Waals surface area contributed by atoms with Gasteiger partial charge >= 0.3 is 0 Å². The van der Waals surface area contributed by atoms with Gasteiger partial charge in [0.2, 0.25) is 0 Å². The Morgan fingerprint density at radius 3 is 2.62 bits per heavy atom. The molecule has 1 aliphatic rings. The highest BCUT2D eigenvalue weighted by Crippen LogP contribution is 2.28. The van der Waals surface area contributed by atoms with E-state index < -0.39 is 0 Å². The van der Waals surface area contributed by atoms with Gasteiger partial charge in [-0.05, 0) is 54.0 Å². The minimum Gasteiger partial charge on any atom is -0.381 e. The Balaban J connectivity index is 1.71. The van der Waals surface area contributed by atoms with Gasteiger partial charge in [0.25, 0.3) is 5.56 Å². The molecule has 0 saturated carbocycles. The number of fused-ring (bicyclic) bond motifs is 3. The molecule has 1 saturated heterocycles. The fraction of sp³-hybridized carbons (Fsp3) is 0.261. The summed E-state index contributed by atoms with van der Waals surface area (Å²) in [6.07, 6.45) is 5.76. The van der Waals surface area contributed by atoms with Gasteiger partial charge in [0.05, 0.1) is 17.2 Å². The minimum absolute atomic E-state index is 0.0154. The van der Waals surface area contributed by atoms with E-state index in [1.54, 1.807) is 17.1 Å². The predicted molar refractivity (Wildman–Crippen MR) is 115 cm³/mol. The first kappa shape index (κ1) is 18.3. The molecule has 0 N–H and O–H groups in total. The van der Waals surface area contributed by atoms with Gasteiger partial charge in [-0.15, -0.1) is 0 Å². The molecule has 5 rings (SSSR count). The smallest absolute Gasteiger partial charge is 0.261 e. The summed E-state index contributed by atoms with van der Waals surface area (Å²) in [4.78, 5) is 22.1. The highest BCUT2D eigenvalue weighted by atomic mass is 35.5. The van der Waals surface area contributed by atoms with Gasteiger partial charge in [-0.25, -0.2) is 9.97 Å². The Bertz CT molecular complexity index is 1260. The molecule has 1 fully saturated rings. The van der Waals surface area contributed by atoms with E-state index in [0.29, 0.717) is 30.2 Å². The number of ether oxygens (including phenoxy) is 1. The zero-order valence-electron chi connectivity index (χ0n) is 15.8. The van der Waals surface area contributed by atoms with Crippen molar-refractivity contribution in [1.82, 2.24) is 14.5 Å². The topological polar surface area (TPSA) is 57.0 Å². The number of pyridine rings is 1. The lowest BCUT2D eigenvalue weighted by Crippen LogP contribution is -2.29. The zero-order chi connectivity index (χ0) is 19.8. The van der Waals surface area contributed by atoms with Gasteiger partial charge < -0.3 is 4.74 Å². The largest absolute Gasteiger partial charge is 0.381 e. The SMILES string of the molecule is O=c1c2cc(Cc3ccnc(Cl)c3)c3ccccc3c2ncn1C1CCOCC1. The maximum atomic E-state index is 13.4.